The Morgan fingerprint density at radius 2 is 2.12 bits per heavy atom. The molecule has 1 N–H and O–H groups in total. The number of hydrogen-bond donors (Lipinski definition) is 1. The molecular formula is C18H18N2O4. The molecule has 1 aliphatic rings. The van der Waals surface area contributed by atoms with Crippen molar-refractivity contribution in [2.24, 2.45) is 0 Å². The Kier molecular flexibility index (Phi) is 4.37. The highest BCUT2D eigenvalue weighted by molar-refractivity contribution is 5.97. The van der Waals surface area contributed by atoms with E-state index in [1.807, 2.05) is 18.2 Å². The van der Waals surface area contributed by atoms with Gasteiger partial charge in [0.05, 0.1) is 12.8 Å². The van der Waals surface area contributed by atoms with E-state index >= 15 is 0 Å². The van der Waals surface area contributed by atoms with Crippen LogP contribution in [0.2, 0.25) is 0 Å². The normalized spacial score (nSPS) is 13.1. The topological polar surface area (TPSA) is 67.9 Å². The van der Waals surface area contributed by atoms with E-state index in [4.69, 9.17) is 9.47 Å². The molecule has 0 aromatic heterocycles. The molecule has 0 aliphatic carbocycles. The van der Waals surface area contributed by atoms with Gasteiger partial charge in [0.1, 0.15) is 11.5 Å². The van der Waals surface area contributed by atoms with E-state index in [2.05, 4.69) is 5.32 Å². The minimum Gasteiger partial charge on any atom is -0.497 e. The molecule has 3 rings (SSSR count). The molecule has 0 radical (unpaired) electrons. The van der Waals surface area contributed by atoms with Crippen molar-refractivity contribution in [2.75, 3.05) is 25.7 Å². The molecule has 0 fully saturated rings. The summed E-state index contributed by atoms with van der Waals surface area (Å²) in [7, 11) is 3.27. The summed E-state index contributed by atoms with van der Waals surface area (Å²) in [6, 6.07) is 12.5. The van der Waals surface area contributed by atoms with Crippen molar-refractivity contribution < 1.29 is 19.1 Å². The van der Waals surface area contributed by atoms with Gasteiger partial charge in [-0.1, -0.05) is 12.1 Å². The number of fused-ring (bicyclic) bond motifs is 1. The summed E-state index contributed by atoms with van der Waals surface area (Å²) in [5.41, 5.74) is 2.12. The lowest BCUT2D eigenvalue weighted by Gasteiger charge is -2.26. The van der Waals surface area contributed by atoms with Gasteiger partial charge in [-0.2, -0.15) is 0 Å². The molecule has 0 spiro atoms. The third-order valence-electron chi connectivity index (χ3n) is 3.89. The third-order valence-corrected chi connectivity index (χ3v) is 3.89. The van der Waals surface area contributed by atoms with Crippen molar-refractivity contribution in [3.63, 3.8) is 0 Å². The molecule has 0 saturated carbocycles. The number of benzene rings is 2. The van der Waals surface area contributed by atoms with E-state index in [1.165, 1.54) is 0 Å². The minimum atomic E-state index is -0.188. The molecule has 124 valence electrons. The first-order valence-electron chi connectivity index (χ1n) is 7.53. The predicted octanol–water partition coefficient (Wildman–Crippen LogP) is 1.98. The lowest BCUT2D eigenvalue weighted by Crippen LogP contribution is -2.35. The summed E-state index contributed by atoms with van der Waals surface area (Å²) in [6.07, 6.45) is 0. The molecule has 0 bridgehead atoms. The van der Waals surface area contributed by atoms with Crippen LogP contribution in [0.25, 0.3) is 0 Å². The summed E-state index contributed by atoms with van der Waals surface area (Å²) in [5, 5.41) is 2.86. The van der Waals surface area contributed by atoms with Gasteiger partial charge < -0.3 is 19.7 Å². The molecule has 2 amide bonds. The number of rotatable bonds is 4. The van der Waals surface area contributed by atoms with Gasteiger partial charge in [-0.3, -0.25) is 9.59 Å². The third kappa shape index (κ3) is 3.17. The zero-order valence-electron chi connectivity index (χ0n) is 13.5. The van der Waals surface area contributed by atoms with Crippen LogP contribution >= 0.6 is 0 Å². The number of methoxy groups -OCH3 is 1. The molecule has 0 saturated heterocycles. The number of nitrogens with zero attached hydrogens (tertiary/aromatic N) is 1. The Bertz CT molecular complexity index is 788. The molecule has 2 aromatic carbocycles. The maximum absolute atomic E-state index is 12.2. The highest BCUT2D eigenvalue weighted by Gasteiger charge is 2.22. The van der Waals surface area contributed by atoms with Gasteiger partial charge in [0.2, 0.25) is 0 Å². The van der Waals surface area contributed by atoms with Crippen molar-refractivity contribution in [1.29, 1.82) is 0 Å². The lowest BCUT2D eigenvalue weighted by molar-refractivity contribution is -0.120. The van der Waals surface area contributed by atoms with Gasteiger partial charge >= 0.3 is 0 Å². The van der Waals surface area contributed by atoms with Crippen LogP contribution < -0.4 is 19.7 Å². The second kappa shape index (κ2) is 6.62. The Morgan fingerprint density at radius 1 is 1.29 bits per heavy atom. The van der Waals surface area contributed by atoms with Crippen LogP contribution in [0.1, 0.15) is 15.9 Å². The van der Waals surface area contributed by atoms with Gasteiger partial charge in [0.25, 0.3) is 11.8 Å². The average Bonchev–Trinajstić information content (AvgIpc) is 2.63. The number of hydrogen-bond acceptors (Lipinski definition) is 4. The summed E-state index contributed by atoms with van der Waals surface area (Å²) in [5.74, 6) is 1.01. The van der Waals surface area contributed by atoms with E-state index in [0.717, 1.165) is 5.56 Å². The first-order valence-corrected chi connectivity index (χ1v) is 7.53. The summed E-state index contributed by atoms with van der Waals surface area (Å²) in [4.78, 5) is 25.5. The first kappa shape index (κ1) is 15.9. The fourth-order valence-electron chi connectivity index (χ4n) is 2.48. The zero-order chi connectivity index (χ0) is 17.1. The van der Waals surface area contributed by atoms with Gasteiger partial charge in [-0.25, -0.2) is 0 Å². The fraction of sp³-hybridized carbons (Fsp3) is 0.222. The Hall–Kier alpha value is -3.02. The second-order valence-electron chi connectivity index (χ2n) is 5.46. The second-order valence-corrected chi connectivity index (χ2v) is 5.46. The quantitative estimate of drug-likeness (QED) is 0.933. The van der Waals surface area contributed by atoms with Crippen molar-refractivity contribution in [1.82, 2.24) is 5.32 Å². The summed E-state index contributed by atoms with van der Waals surface area (Å²) in [6.45, 7) is 0.404. The largest absolute Gasteiger partial charge is 0.497 e. The Balaban J connectivity index is 1.70. The molecule has 1 heterocycles. The van der Waals surface area contributed by atoms with Crippen LogP contribution in [-0.2, 0) is 11.3 Å². The smallest absolute Gasteiger partial charge is 0.264 e. The molecular weight excluding hydrogens is 308 g/mol. The van der Waals surface area contributed by atoms with Crippen molar-refractivity contribution >= 4 is 17.5 Å². The van der Waals surface area contributed by atoms with Crippen LogP contribution in [0.15, 0.2) is 42.5 Å². The van der Waals surface area contributed by atoms with Crippen LogP contribution in [-0.4, -0.2) is 32.6 Å². The Morgan fingerprint density at radius 3 is 2.92 bits per heavy atom. The van der Waals surface area contributed by atoms with Gasteiger partial charge in [0, 0.05) is 19.2 Å². The Labute approximate surface area is 140 Å². The van der Waals surface area contributed by atoms with E-state index < -0.39 is 0 Å². The average molecular weight is 326 g/mol. The molecule has 24 heavy (non-hydrogen) atoms. The van der Waals surface area contributed by atoms with Gasteiger partial charge in [-0.15, -0.1) is 0 Å². The van der Waals surface area contributed by atoms with E-state index in [9.17, 15) is 9.59 Å². The van der Waals surface area contributed by atoms with Gasteiger partial charge in [-0.05, 0) is 35.9 Å². The van der Waals surface area contributed by atoms with E-state index in [0.29, 0.717) is 29.3 Å². The highest BCUT2D eigenvalue weighted by Crippen LogP contribution is 2.31. The number of carbonyl (C=O) groups is 2. The number of anilines is 1. The molecule has 0 atom stereocenters. The number of nitrogens with one attached hydrogen (secondary N) is 1. The van der Waals surface area contributed by atoms with E-state index in [1.54, 1.807) is 43.3 Å². The molecule has 2 aromatic rings. The molecule has 6 nitrogen and oxygen atoms in total. The minimum absolute atomic E-state index is 0.0510. The monoisotopic (exact) mass is 326 g/mol. The number of ether oxygens (including phenoxy) is 2. The fourth-order valence-corrected chi connectivity index (χ4v) is 2.48. The molecule has 6 heteroatoms. The SMILES string of the molecule is COc1cccc(C(=O)NCc2ccc3c(c2)N(C)C(=O)CO3)c1. The first-order chi connectivity index (χ1) is 11.6. The number of amides is 2. The standard InChI is InChI=1S/C18H18N2O4/c1-20-15-8-12(6-7-16(15)24-11-17(20)21)10-19-18(22)13-4-3-5-14(9-13)23-2/h3-9H,10-11H2,1-2H3,(H,19,22). The van der Waals surface area contributed by atoms with Crippen molar-refractivity contribution in [3.8, 4) is 11.5 Å². The van der Waals surface area contributed by atoms with Crippen LogP contribution in [0.3, 0.4) is 0 Å². The number of likely N-dealkylation sites (N-methyl/N-ethyl adjacent to an activating group) is 1. The lowest BCUT2D eigenvalue weighted by atomic mass is 10.1. The molecule has 1 aliphatic heterocycles. The van der Waals surface area contributed by atoms with Crippen molar-refractivity contribution in [2.45, 2.75) is 6.54 Å². The van der Waals surface area contributed by atoms with E-state index in [-0.39, 0.29) is 18.4 Å². The summed E-state index contributed by atoms with van der Waals surface area (Å²) < 4.78 is 10.5. The van der Waals surface area contributed by atoms with Crippen LogP contribution in [0.5, 0.6) is 11.5 Å². The molecule has 0 unspecified atom stereocenters. The highest BCUT2D eigenvalue weighted by atomic mass is 16.5. The zero-order valence-corrected chi connectivity index (χ0v) is 13.5. The van der Waals surface area contributed by atoms with Crippen LogP contribution in [0, 0.1) is 0 Å². The summed E-state index contributed by atoms with van der Waals surface area (Å²) >= 11 is 0. The maximum Gasteiger partial charge on any atom is 0.264 e. The van der Waals surface area contributed by atoms with Crippen molar-refractivity contribution in [3.05, 3.63) is 53.6 Å². The van der Waals surface area contributed by atoms with Gasteiger partial charge in [0.15, 0.2) is 6.61 Å². The predicted molar refractivity (Wildman–Crippen MR) is 89.5 cm³/mol. The van der Waals surface area contributed by atoms with Crippen LogP contribution in [0.4, 0.5) is 5.69 Å². The maximum atomic E-state index is 12.2. The number of carbonyl (C=O) groups excluding carboxylic acids is 2.